The zero-order chi connectivity index (χ0) is 11.2. The molecule has 0 aromatic rings. The van der Waals surface area contributed by atoms with Gasteiger partial charge < -0.3 is 10.8 Å². The van der Waals surface area contributed by atoms with Crippen molar-refractivity contribution in [2.45, 2.75) is 30.4 Å². The van der Waals surface area contributed by atoms with E-state index in [4.69, 9.17) is 5.73 Å². The van der Waals surface area contributed by atoms with Crippen LogP contribution in [0.15, 0.2) is 0 Å². The van der Waals surface area contributed by atoms with Crippen LogP contribution in [0.3, 0.4) is 0 Å². The molecule has 2 heterocycles. The highest BCUT2D eigenvalue weighted by molar-refractivity contribution is 7.99. The Bertz CT molecular complexity index is 348. The molecule has 3 N–H and O–H groups in total. The molecule has 2 aliphatic rings. The molecule has 0 bridgehead atoms. The Balaban J connectivity index is 2.22. The summed E-state index contributed by atoms with van der Waals surface area (Å²) in [5, 5.41) is 10.4. The number of nitrogens with two attached hydrogens (primary N) is 1. The molecule has 0 spiro atoms. The standard InChI is InChI=1S/C9H17NO3S2/c10-8(2-1-4-14-6-8)9(11)3-5-15(12,13)7-9/h11H,1-7,10H2. The summed E-state index contributed by atoms with van der Waals surface area (Å²) in [6.07, 6.45) is 1.99. The Morgan fingerprint density at radius 1 is 1.33 bits per heavy atom. The van der Waals surface area contributed by atoms with E-state index in [9.17, 15) is 13.5 Å². The molecule has 2 saturated heterocycles. The van der Waals surface area contributed by atoms with Gasteiger partial charge in [-0.1, -0.05) is 0 Å². The molecular formula is C9H17NO3S2. The van der Waals surface area contributed by atoms with Crippen molar-refractivity contribution in [1.29, 1.82) is 0 Å². The van der Waals surface area contributed by atoms with Crippen molar-refractivity contribution < 1.29 is 13.5 Å². The summed E-state index contributed by atoms with van der Waals surface area (Å²) >= 11 is 1.71. The van der Waals surface area contributed by atoms with E-state index >= 15 is 0 Å². The first-order valence-corrected chi connectivity index (χ1v) is 8.14. The Morgan fingerprint density at radius 3 is 2.53 bits per heavy atom. The van der Waals surface area contributed by atoms with Crippen molar-refractivity contribution >= 4 is 21.6 Å². The molecule has 2 aliphatic heterocycles. The van der Waals surface area contributed by atoms with Gasteiger partial charge in [-0.05, 0) is 25.0 Å². The van der Waals surface area contributed by atoms with E-state index in [1.807, 2.05) is 0 Å². The molecule has 2 rings (SSSR count). The highest BCUT2D eigenvalue weighted by Gasteiger charge is 2.54. The molecule has 0 aliphatic carbocycles. The average Bonchev–Trinajstić information content (AvgIpc) is 2.44. The third kappa shape index (κ3) is 2.05. The lowest BCUT2D eigenvalue weighted by atomic mass is 9.78. The van der Waals surface area contributed by atoms with E-state index in [2.05, 4.69) is 0 Å². The third-order valence-corrected chi connectivity index (χ3v) is 6.52. The highest BCUT2D eigenvalue weighted by Crippen LogP contribution is 2.39. The van der Waals surface area contributed by atoms with Gasteiger partial charge in [-0.25, -0.2) is 8.42 Å². The van der Waals surface area contributed by atoms with Gasteiger partial charge in [0.05, 0.1) is 22.6 Å². The fourth-order valence-electron chi connectivity index (χ4n) is 2.41. The molecule has 2 unspecified atom stereocenters. The SMILES string of the molecule is NC1(C2(O)CCS(=O)(=O)C2)CCCSC1. The van der Waals surface area contributed by atoms with Gasteiger partial charge in [0, 0.05) is 5.75 Å². The molecule has 15 heavy (non-hydrogen) atoms. The lowest BCUT2D eigenvalue weighted by Gasteiger charge is -2.44. The first-order valence-electron chi connectivity index (χ1n) is 5.16. The minimum atomic E-state index is -3.08. The Kier molecular flexibility index (Phi) is 2.82. The lowest BCUT2D eigenvalue weighted by molar-refractivity contribution is -0.00765. The van der Waals surface area contributed by atoms with Gasteiger partial charge in [0.1, 0.15) is 0 Å². The Hall–Kier alpha value is 0.220. The number of hydrogen-bond acceptors (Lipinski definition) is 5. The van der Waals surface area contributed by atoms with Crippen LogP contribution in [0.25, 0.3) is 0 Å². The minimum absolute atomic E-state index is 0.0765. The predicted octanol–water partition coefficient (Wildman–Crippen LogP) is -0.240. The van der Waals surface area contributed by atoms with Gasteiger partial charge in [0.25, 0.3) is 0 Å². The van der Waals surface area contributed by atoms with Crippen molar-refractivity contribution in [2.24, 2.45) is 5.73 Å². The average molecular weight is 251 g/mol. The van der Waals surface area contributed by atoms with E-state index in [0.29, 0.717) is 12.2 Å². The van der Waals surface area contributed by atoms with Gasteiger partial charge >= 0.3 is 0 Å². The molecule has 2 fully saturated rings. The Labute approximate surface area is 94.5 Å². The smallest absolute Gasteiger partial charge is 0.153 e. The molecule has 2 atom stereocenters. The van der Waals surface area contributed by atoms with Crippen LogP contribution in [0.4, 0.5) is 0 Å². The van der Waals surface area contributed by atoms with E-state index in [1.165, 1.54) is 0 Å². The first-order chi connectivity index (χ1) is 6.87. The van der Waals surface area contributed by atoms with Crippen molar-refractivity contribution in [3.63, 3.8) is 0 Å². The van der Waals surface area contributed by atoms with Gasteiger partial charge in [0.15, 0.2) is 9.84 Å². The van der Waals surface area contributed by atoms with Crippen LogP contribution >= 0.6 is 11.8 Å². The summed E-state index contributed by atoms with van der Waals surface area (Å²) in [6.45, 7) is 0. The second kappa shape index (κ2) is 3.61. The Morgan fingerprint density at radius 2 is 2.07 bits per heavy atom. The van der Waals surface area contributed by atoms with Crippen molar-refractivity contribution in [3.8, 4) is 0 Å². The first kappa shape index (κ1) is 11.7. The van der Waals surface area contributed by atoms with Gasteiger partial charge in [-0.15, -0.1) is 0 Å². The molecule has 4 nitrogen and oxygen atoms in total. The maximum atomic E-state index is 11.4. The minimum Gasteiger partial charge on any atom is -0.387 e. The summed E-state index contributed by atoms with van der Waals surface area (Å²) in [4.78, 5) is 0. The van der Waals surface area contributed by atoms with E-state index in [1.54, 1.807) is 11.8 Å². The maximum absolute atomic E-state index is 11.4. The molecule has 0 aromatic heterocycles. The van der Waals surface area contributed by atoms with Crippen LogP contribution in [0.2, 0.25) is 0 Å². The van der Waals surface area contributed by atoms with E-state index in [0.717, 1.165) is 18.6 Å². The van der Waals surface area contributed by atoms with Crippen LogP contribution in [0, 0.1) is 0 Å². The molecule has 88 valence electrons. The van der Waals surface area contributed by atoms with Gasteiger partial charge in [-0.2, -0.15) is 11.8 Å². The highest BCUT2D eigenvalue weighted by atomic mass is 32.2. The summed E-state index contributed by atoms with van der Waals surface area (Å²) in [6, 6.07) is 0. The molecule has 0 saturated carbocycles. The number of aliphatic hydroxyl groups is 1. The van der Waals surface area contributed by atoms with Crippen LogP contribution in [0.5, 0.6) is 0 Å². The normalized spacial score (nSPS) is 45.5. The van der Waals surface area contributed by atoms with Crippen LogP contribution in [0.1, 0.15) is 19.3 Å². The second-order valence-electron chi connectivity index (χ2n) is 4.69. The number of sulfone groups is 1. The number of rotatable bonds is 1. The molecule has 0 radical (unpaired) electrons. The van der Waals surface area contributed by atoms with Crippen LogP contribution in [-0.2, 0) is 9.84 Å². The summed E-state index contributed by atoms with van der Waals surface area (Å²) < 4.78 is 22.8. The van der Waals surface area contributed by atoms with E-state index < -0.39 is 21.0 Å². The largest absolute Gasteiger partial charge is 0.387 e. The summed E-state index contributed by atoms with van der Waals surface area (Å²) in [7, 11) is -3.08. The number of thioether (sulfide) groups is 1. The molecule has 0 amide bonds. The van der Waals surface area contributed by atoms with Gasteiger partial charge in [-0.3, -0.25) is 0 Å². The quantitative estimate of drug-likeness (QED) is 0.672. The second-order valence-corrected chi connectivity index (χ2v) is 7.98. The van der Waals surface area contributed by atoms with Crippen molar-refractivity contribution in [2.75, 3.05) is 23.0 Å². The number of hydrogen-bond donors (Lipinski definition) is 2. The van der Waals surface area contributed by atoms with Crippen LogP contribution in [-0.4, -0.2) is 47.7 Å². The lowest BCUT2D eigenvalue weighted by Crippen LogP contribution is -2.64. The van der Waals surface area contributed by atoms with Crippen molar-refractivity contribution in [1.82, 2.24) is 0 Å². The zero-order valence-electron chi connectivity index (χ0n) is 8.61. The van der Waals surface area contributed by atoms with Crippen LogP contribution < -0.4 is 5.73 Å². The zero-order valence-corrected chi connectivity index (χ0v) is 10.2. The predicted molar refractivity (Wildman–Crippen MR) is 61.7 cm³/mol. The maximum Gasteiger partial charge on any atom is 0.153 e. The molecule has 6 heteroatoms. The molecular weight excluding hydrogens is 234 g/mol. The molecule has 0 aromatic carbocycles. The summed E-state index contributed by atoms with van der Waals surface area (Å²) in [5.74, 6) is 1.64. The van der Waals surface area contributed by atoms with Crippen molar-refractivity contribution in [3.05, 3.63) is 0 Å². The third-order valence-electron chi connectivity index (χ3n) is 3.48. The van der Waals surface area contributed by atoms with Gasteiger partial charge in [0.2, 0.25) is 0 Å². The topological polar surface area (TPSA) is 80.4 Å². The fraction of sp³-hybridized carbons (Fsp3) is 1.00. The fourth-order valence-corrected chi connectivity index (χ4v) is 5.63. The monoisotopic (exact) mass is 251 g/mol. The van der Waals surface area contributed by atoms with E-state index in [-0.39, 0.29) is 11.5 Å². The summed E-state index contributed by atoms with van der Waals surface area (Å²) in [5.41, 5.74) is 4.28.